The fourth-order valence-corrected chi connectivity index (χ4v) is 3.53. The molecule has 0 fully saturated rings. The van der Waals surface area contributed by atoms with E-state index in [1.165, 1.54) is 7.11 Å². The molecule has 29 heavy (non-hydrogen) atoms. The van der Waals surface area contributed by atoms with Crippen molar-refractivity contribution in [1.29, 1.82) is 0 Å². The molecule has 1 heterocycles. The molecule has 0 unspecified atom stereocenters. The number of aromatic nitrogens is 2. The number of halogens is 2. The summed E-state index contributed by atoms with van der Waals surface area (Å²) >= 11 is 12.3. The summed E-state index contributed by atoms with van der Waals surface area (Å²) < 4.78 is 6.51. The van der Waals surface area contributed by atoms with Gasteiger partial charge in [-0.05, 0) is 29.7 Å². The smallest absolute Gasteiger partial charge is 0.328 e. The predicted octanol–water partition coefficient (Wildman–Crippen LogP) is 4.32. The van der Waals surface area contributed by atoms with Crippen molar-refractivity contribution < 1.29 is 14.3 Å². The lowest BCUT2D eigenvalue weighted by molar-refractivity contribution is -0.144. The lowest BCUT2D eigenvalue weighted by atomic mass is 10.0. The van der Waals surface area contributed by atoms with Gasteiger partial charge in [0.15, 0.2) is 5.69 Å². The predicted molar refractivity (Wildman–Crippen MR) is 113 cm³/mol. The van der Waals surface area contributed by atoms with Crippen LogP contribution in [0.3, 0.4) is 0 Å². The van der Waals surface area contributed by atoms with Crippen LogP contribution in [-0.4, -0.2) is 34.8 Å². The van der Waals surface area contributed by atoms with Crippen LogP contribution >= 0.6 is 23.2 Å². The minimum Gasteiger partial charge on any atom is -0.467 e. The van der Waals surface area contributed by atoms with Crippen LogP contribution in [0.1, 0.15) is 29.9 Å². The highest BCUT2D eigenvalue weighted by Crippen LogP contribution is 2.25. The number of nitrogens with one attached hydrogen (secondary N) is 1. The third kappa shape index (κ3) is 4.54. The number of carbonyl (C=O) groups excluding carboxylic acids is 2. The largest absolute Gasteiger partial charge is 0.467 e. The minimum atomic E-state index is -0.762. The summed E-state index contributed by atoms with van der Waals surface area (Å²) in [6, 6.07) is 11.9. The number of hydrogen-bond donors (Lipinski definition) is 1. The first-order chi connectivity index (χ1) is 13.8. The number of hydrogen-bond acceptors (Lipinski definition) is 4. The third-order valence-electron chi connectivity index (χ3n) is 4.62. The number of para-hydroxylation sites is 1. The first kappa shape index (κ1) is 21.1. The van der Waals surface area contributed by atoms with Gasteiger partial charge in [-0.25, -0.2) is 4.79 Å². The Kier molecular flexibility index (Phi) is 6.45. The lowest BCUT2D eigenvalue weighted by Gasteiger charge is -2.19. The Morgan fingerprint density at radius 3 is 2.55 bits per heavy atom. The Bertz CT molecular complexity index is 1060. The fraction of sp³-hybridized carbons (Fsp3) is 0.286. The molecule has 0 spiro atoms. The molecule has 8 heteroatoms. The van der Waals surface area contributed by atoms with Gasteiger partial charge < -0.3 is 10.1 Å². The lowest BCUT2D eigenvalue weighted by Crippen LogP contribution is -2.45. The monoisotopic (exact) mass is 433 g/mol. The highest BCUT2D eigenvalue weighted by atomic mass is 35.5. The summed E-state index contributed by atoms with van der Waals surface area (Å²) in [6.45, 7) is 4.04. The van der Waals surface area contributed by atoms with E-state index < -0.39 is 17.9 Å². The van der Waals surface area contributed by atoms with Crippen LogP contribution in [-0.2, 0) is 16.1 Å². The molecule has 0 aliphatic carbocycles. The first-order valence-electron chi connectivity index (χ1n) is 9.10. The molecule has 3 rings (SSSR count). The van der Waals surface area contributed by atoms with E-state index in [0.717, 1.165) is 11.1 Å². The average molecular weight is 434 g/mol. The van der Waals surface area contributed by atoms with E-state index in [0.29, 0.717) is 22.0 Å². The van der Waals surface area contributed by atoms with Gasteiger partial charge in [0, 0.05) is 15.4 Å². The molecule has 0 bridgehead atoms. The number of carbonyl (C=O) groups is 2. The van der Waals surface area contributed by atoms with Gasteiger partial charge >= 0.3 is 5.97 Å². The number of amides is 1. The molecule has 0 saturated carbocycles. The molecule has 0 aliphatic rings. The summed E-state index contributed by atoms with van der Waals surface area (Å²) in [5, 5.41) is 9.00. The number of benzene rings is 2. The standard InChI is InChI=1S/C21H21Cl2N3O3/c1-12(2)18(21(28)29-3)24-20(27)19-15-6-4-5-7-17(15)26(25-19)11-13-8-9-14(22)10-16(13)23/h4-10,12,18H,11H2,1-3H3,(H,24,27)/t18-/m0/s1. The zero-order valence-corrected chi connectivity index (χ0v) is 17.8. The first-order valence-corrected chi connectivity index (χ1v) is 9.85. The Morgan fingerprint density at radius 2 is 1.90 bits per heavy atom. The summed E-state index contributed by atoms with van der Waals surface area (Å²) in [5.74, 6) is -1.07. The Hall–Kier alpha value is -2.57. The third-order valence-corrected chi connectivity index (χ3v) is 5.20. The average Bonchev–Trinajstić information content (AvgIpc) is 3.06. The van der Waals surface area contributed by atoms with E-state index in [9.17, 15) is 9.59 Å². The number of esters is 1. The maximum Gasteiger partial charge on any atom is 0.328 e. The van der Waals surface area contributed by atoms with E-state index in [2.05, 4.69) is 10.4 Å². The molecule has 1 amide bonds. The Morgan fingerprint density at radius 1 is 1.17 bits per heavy atom. The van der Waals surface area contributed by atoms with Crippen molar-refractivity contribution in [3.05, 3.63) is 63.8 Å². The molecule has 0 saturated heterocycles. The number of rotatable bonds is 6. The van der Waals surface area contributed by atoms with Crippen molar-refractivity contribution in [2.24, 2.45) is 5.92 Å². The molecule has 1 atom stereocenters. The van der Waals surface area contributed by atoms with Gasteiger partial charge in [0.25, 0.3) is 5.91 Å². The summed E-state index contributed by atoms with van der Waals surface area (Å²) in [5.41, 5.74) is 1.84. The molecule has 6 nitrogen and oxygen atoms in total. The van der Waals surface area contributed by atoms with E-state index in [1.807, 2.05) is 44.2 Å². The molecule has 3 aromatic rings. The Balaban J connectivity index is 1.97. The molecular weight excluding hydrogens is 413 g/mol. The topological polar surface area (TPSA) is 73.2 Å². The fourth-order valence-electron chi connectivity index (χ4n) is 3.06. The van der Waals surface area contributed by atoms with Crippen LogP contribution in [0.25, 0.3) is 10.9 Å². The molecule has 0 aliphatic heterocycles. The number of fused-ring (bicyclic) bond motifs is 1. The van der Waals surface area contributed by atoms with Gasteiger partial charge in [-0.15, -0.1) is 0 Å². The van der Waals surface area contributed by atoms with Crippen molar-refractivity contribution in [1.82, 2.24) is 15.1 Å². The van der Waals surface area contributed by atoms with Crippen LogP contribution < -0.4 is 5.32 Å². The van der Waals surface area contributed by atoms with Gasteiger partial charge in [-0.1, -0.05) is 61.3 Å². The zero-order valence-electron chi connectivity index (χ0n) is 16.3. The normalized spacial score (nSPS) is 12.2. The Labute approximate surface area is 178 Å². The molecular formula is C21H21Cl2N3O3. The second kappa shape index (κ2) is 8.84. The number of nitrogens with zero attached hydrogens (tertiary/aromatic N) is 2. The van der Waals surface area contributed by atoms with Crippen LogP contribution in [0.2, 0.25) is 10.0 Å². The van der Waals surface area contributed by atoms with Crippen LogP contribution in [0.5, 0.6) is 0 Å². The summed E-state index contributed by atoms with van der Waals surface area (Å²) in [4.78, 5) is 24.9. The van der Waals surface area contributed by atoms with E-state index >= 15 is 0 Å². The number of methoxy groups -OCH3 is 1. The summed E-state index contributed by atoms with van der Waals surface area (Å²) in [7, 11) is 1.30. The van der Waals surface area contributed by atoms with E-state index in [1.54, 1.807) is 16.8 Å². The van der Waals surface area contributed by atoms with Gasteiger partial charge in [-0.3, -0.25) is 9.48 Å². The van der Waals surface area contributed by atoms with Crippen LogP contribution in [0.15, 0.2) is 42.5 Å². The van der Waals surface area contributed by atoms with E-state index in [-0.39, 0.29) is 11.6 Å². The quantitative estimate of drug-likeness (QED) is 0.587. The zero-order chi connectivity index (χ0) is 21.1. The maximum absolute atomic E-state index is 12.9. The van der Waals surface area contributed by atoms with Crippen LogP contribution in [0.4, 0.5) is 0 Å². The summed E-state index contributed by atoms with van der Waals surface area (Å²) in [6.07, 6.45) is 0. The molecule has 1 N–H and O–H groups in total. The van der Waals surface area contributed by atoms with Gasteiger partial charge in [0.1, 0.15) is 6.04 Å². The van der Waals surface area contributed by atoms with Crippen molar-refractivity contribution in [3.63, 3.8) is 0 Å². The second-order valence-electron chi connectivity index (χ2n) is 6.98. The maximum atomic E-state index is 12.9. The van der Waals surface area contributed by atoms with Gasteiger partial charge in [0.2, 0.25) is 0 Å². The van der Waals surface area contributed by atoms with Crippen LogP contribution in [0, 0.1) is 5.92 Å². The van der Waals surface area contributed by atoms with E-state index in [4.69, 9.17) is 27.9 Å². The van der Waals surface area contributed by atoms with Gasteiger partial charge in [0.05, 0.1) is 19.2 Å². The number of ether oxygens (including phenoxy) is 1. The van der Waals surface area contributed by atoms with Crippen molar-refractivity contribution in [3.8, 4) is 0 Å². The molecule has 152 valence electrons. The molecule has 0 radical (unpaired) electrons. The highest BCUT2D eigenvalue weighted by molar-refractivity contribution is 6.35. The van der Waals surface area contributed by atoms with Crippen molar-refractivity contribution in [2.45, 2.75) is 26.4 Å². The van der Waals surface area contributed by atoms with Crippen molar-refractivity contribution >= 4 is 46.0 Å². The SMILES string of the molecule is COC(=O)[C@@H](NC(=O)c1nn(Cc2ccc(Cl)cc2Cl)c2ccccc12)C(C)C. The second-order valence-corrected chi connectivity index (χ2v) is 7.82. The minimum absolute atomic E-state index is 0.132. The van der Waals surface area contributed by atoms with Crippen molar-refractivity contribution in [2.75, 3.05) is 7.11 Å². The van der Waals surface area contributed by atoms with Gasteiger partial charge in [-0.2, -0.15) is 5.10 Å². The highest BCUT2D eigenvalue weighted by Gasteiger charge is 2.27. The molecule has 2 aromatic carbocycles. The molecule has 1 aromatic heterocycles.